The van der Waals surface area contributed by atoms with E-state index < -0.39 is 0 Å². The van der Waals surface area contributed by atoms with Crippen LogP contribution in [0.25, 0.3) is 0 Å². The third-order valence-electron chi connectivity index (χ3n) is 4.10. The summed E-state index contributed by atoms with van der Waals surface area (Å²) in [6.45, 7) is 2.31. The molecule has 2 N–H and O–H groups in total. The predicted molar refractivity (Wildman–Crippen MR) is 85.7 cm³/mol. The molecule has 0 bridgehead atoms. The number of halogens is 1. The van der Waals surface area contributed by atoms with Gasteiger partial charge in [-0.2, -0.15) is 0 Å². The first-order valence-electron chi connectivity index (χ1n) is 7.21. The second-order valence-electron chi connectivity index (χ2n) is 5.64. The summed E-state index contributed by atoms with van der Waals surface area (Å²) in [4.78, 5) is 13.0. The van der Waals surface area contributed by atoms with Gasteiger partial charge in [0.15, 0.2) is 0 Å². The fourth-order valence-electron chi connectivity index (χ4n) is 3.19. The molecular formula is C15H22BrNO2S. The molecule has 1 aromatic rings. The van der Waals surface area contributed by atoms with E-state index in [4.69, 9.17) is 10.5 Å². The van der Waals surface area contributed by atoms with Crippen LogP contribution in [0, 0.1) is 5.41 Å². The van der Waals surface area contributed by atoms with Crippen molar-refractivity contribution in [2.45, 2.75) is 51.5 Å². The van der Waals surface area contributed by atoms with Gasteiger partial charge in [-0.3, -0.25) is 4.79 Å². The van der Waals surface area contributed by atoms with E-state index in [0.29, 0.717) is 13.0 Å². The fraction of sp³-hybridized carbons (Fsp3) is 0.667. The zero-order valence-electron chi connectivity index (χ0n) is 11.9. The normalized spacial score (nSPS) is 18.9. The van der Waals surface area contributed by atoms with E-state index in [1.807, 2.05) is 13.0 Å². The Morgan fingerprint density at radius 2 is 2.20 bits per heavy atom. The van der Waals surface area contributed by atoms with Crippen molar-refractivity contribution in [2.75, 3.05) is 6.61 Å². The lowest BCUT2D eigenvalue weighted by molar-refractivity contribution is -0.146. The van der Waals surface area contributed by atoms with Gasteiger partial charge < -0.3 is 10.5 Å². The molecule has 0 spiro atoms. The molecule has 0 saturated heterocycles. The summed E-state index contributed by atoms with van der Waals surface area (Å²) in [6, 6.07) is 4.12. The molecule has 1 aliphatic carbocycles. The standard InChI is InChI=1S/C15H22BrNO2S/c1-2-19-14(18)10-15(7-3-4-8-15)9-11(17)12-5-6-13(16)20-12/h5-6,11H,2-4,7-10,17H2,1H3. The molecule has 0 aliphatic heterocycles. The molecule has 0 aromatic carbocycles. The summed E-state index contributed by atoms with van der Waals surface area (Å²) >= 11 is 5.16. The Morgan fingerprint density at radius 3 is 2.75 bits per heavy atom. The summed E-state index contributed by atoms with van der Waals surface area (Å²) in [5.41, 5.74) is 6.40. The quantitative estimate of drug-likeness (QED) is 0.765. The van der Waals surface area contributed by atoms with Crippen LogP contribution in [0.4, 0.5) is 0 Å². The van der Waals surface area contributed by atoms with Gasteiger partial charge in [-0.1, -0.05) is 12.8 Å². The van der Waals surface area contributed by atoms with E-state index >= 15 is 0 Å². The first-order valence-corrected chi connectivity index (χ1v) is 8.82. The highest BCUT2D eigenvalue weighted by Crippen LogP contribution is 2.47. The lowest BCUT2D eigenvalue weighted by atomic mass is 9.77. The van der Waals surface area contributed by atoms with Crippen molar-refractivity contribution in [3.63, 3.8) is 0 Å². The Labute approximate surface area is 133 Å². The van der Waals surface area contributed by atoms with Gasteiger partial charge in [0.1, 0.15) is 0 Å². The zero-order valence-corrected chi connectivity index (χ0v) is 14.3. The van der Waals surface area contributed by atoms with Gasteiger partial charge in [0.25, 0.3) is 0 Å². The molecule has 1 fully saturated rings. The Morgan fingerprint density at radius 1 is 1.50 bits per heavy atom. The minimum absolute atomic E-state index is 0.0128. The summed E-state index contributed by atoms with van der Waals surface area (Å²) in [7, 11) is 0. The highest BCUT2D eigenvalue weighted by molar-refractivity contribution is 9.11. The molecule has 1 heterocycles. The van der Waals surface area contributed by atoms with Crippen molar-refractivity contribution in [1.29, 1.82) is 0 Å². The number of thiophene rings is 1. The first-order chi connectivity index (χ1) is 9.54. The van der Waals surface area contributed by atoms with Gasteiger partial charge in [-0.05, 0) is 59.7 Å². The first kappa shape index (κ1) is 16.0. The van der Waals surface area contributed by atoms with Gasteiger partial charge in [-0.25, -0.2) is 0 Å². The molecule has 20 heavy (non-hydrogen) atoms. The minimum atomic E-state index is -0.0750. The fourth-order valence-corrected chi connectivity index (χ4v) is 4.62. The van der Waals surface area contributed by atoms with Crippen molar-refractivity contribution >= 4 is 33.2 Å². The summed E-state index contributed by atoms with van der Waals surface area (Å²) in [5, 5.41) is 0. The van der Waals surface area contributed by atoms with Gasteiger partial charge in [0.05, 0.1) is 16.8 Å². The average Bonchev–Trinajstić information content (AvgIpc) is 2.99. The Balaban J connectivity index is 2.03. The summed E-state index contributed by atoms with van der Waals surface area (Å²) in [6.07, 6.45) is 5.96. The van der Waals surface area contributed by atoms with E-state index in [-0.39, 0.29) is 17.4 Å². The minimum Gasteiger partial charge on any atom is -0.466 e. The highest BCUT2D eigenvalue weighted by Gasteiger charge is 2.38. The molecule has 0 amide bonds. The van der Waals surface area contributed by atoms with E-state index in [1.54, 1.807) is 11.3 Å². The maximum absolute atomic E-state index is 11.9. The van der Waals surface area contributed by atoms with Crippen LogP contribution in [-0.2, 0) is 9.53 Å². The van der Waals surface area contributed by atoms with Crippen LogP contribution in [0.2, 0.25) is 0 Å². The van der Waals surface area contributed by atoms with E-state index in [2.05, 4.69) is 22.0 Å². The lowest BCUT2D eigenvalue weighted by Gasteiger charge is -2.30. The van der Waals surface area contributed by atoms with E-state index in [9.17, 15) is 4.79 Å². The summed E-state index contributed by atoms with van der Waals surface area (Å²) < 4.78 is 6.24. The van der Waals surface area contributed by atoms with Crippen LogP contribution >= 0.6 is 27.3 Å². The van der Waals surface area contributed by atoms with Gasteiger partial charge in [-0.15, -0.1) is 11.3 Å². The topological polar surface area (TPSA) is 52.3 Å². The molecule has 1 aliphatic rings. The maximum atomic E-state index is 11.9. The average molecular weight is 360 g/mol. The number of esters is 1. The molecule has 0 radical (unpaired) electrons. The Kier molecular flexibility index (Phi) is 5.64. The lowest BCUT2D eigenvalue weighted by Crippen LogP contribution is -2.27. The van der Waals surface area contributed by atoms with Crippen molar-refractivity contribution in [1.82, 2.24) is 0 Å². The molecule has 112 valence electrons. The van der Waals surface area contributed by atoms with Crippen LogP contribution < -0.4 is 5.73 Å². The highest BCUT2D eigenvalue weighted by atomic mass is 79.9. The molecule has 1 saturated carbocycles. The van der Waals surface area contributed by atoms with E-state index in [1.165, 1.54) is 17.7 Å². The monoisotopic (exact) mass is 359 g/mol. The number of nitrogens with two attached hydrogens (primary N) is 1. The number of carbonyl (C=O) groups excluding carboxylic acids is 1. The van der Waals surface area contributed by atoms with Crippen LogP contribution in [0.5, 0.6) is 0 Å². The maximum Gasteiger partial charge on any atom is 0.306 e. The summed E-state index contributed by atoms with van der Waals surface area (Å²) in [5.74, 6) is -0.0750. The Hall–Kier alpha value is -0.390. The Bertz CT molecular complexity index is 454. The van der Waals surface area contributed by atoms with Crippen LogP contribution in [0.1, 0.15) is 56.4 Å². The van der Waals surface area contributed by atoms with Crippen LogP contribution in [-0.4, -0.2) is 12.6 Å². The predicted octanol–water partition coefficient (Wildman–Crippen LogP) is 4.41. The third-order valence-corrected chi connectivity index (χ3v) is 5.86. The molecule has 1 atom stereocenters. The largest absolute Gasteiger partial charge is 0.466 e. The zero-order chi connectivity index (χ0) is 14.6. The van der Waals surface area contributed by atoms with Crippen molar-refractivity contribution < 1.29 is 9.53 Å². The van der Waals surface area contributed by atoms with Crippen LogP contribution in [0.3, 0.4) is 0 Å². The van der Waals surface area contributed by atoms with Crippen LogP contribution in [0.15, 0.2) is 15.9 Å². The smallest absolute Gasteiger partial charge is 0.306 e. The molecule has 3 nitrogen and oxygen atoms in total. The molecule has 1 aromatic heterocycles. The van der Waals surface area contributed by atoms with Gasteiger partial charge >= 0.3 is 5.97 Å². The molecular weight excluding hydrogens is 338 g/mol. The van der Waals surface area contributed by atoms with Crippen molar-refractivity contribution in [2.24, 2.45) is 11.1 Å². The number of hydrogen-bond acceptors (Lipinski definition) is 4. The number of hydrogen-bond donors (Lipinski definition) is 1. The number of ether oxygens (including phenoxy) is 1. The third kappa shape index (κ3) is 4.06. The van der Waals surface area contributed by atoms with E-state index in [0.717, 1.165) is 23.0 Å². The number of carbonyl (C=O) groups is 1. The molecule has 5 heteroatoms. The SMILES string of the molecule is CCOC(=O)CC1(CC(N)c2ccc(Br)s2)CCCC1. The molecule has 1 unspecified atom stereocenters. The van der Waals surface area contributed by atoms with Gasteiger partial charge in [0, 0.05) is 10.9 Å². The van der Waals surface area contributed by atoms with Gasteiger partial charge in [0.2, 0.25) is 0 Å². The second kappa shape index (κ2) is 7.05. The van der Waals surface area contributed by atoms with Crippen molar-refractivity contribution in [3.05, 3.63) is 20.8 Å². The molecule has 2 rings (SSSR count). The second-order valence-corrected chi connectivity index (χ2v) is 8.14. The van der Waals surface area contributed by atoms with Crippen molar-refractivity contribution in [3.8, 4) is 0 Å². The number of rotatable bonds is 6.